The van der Waals surface area contributed by atoms with Crippen molar-refractivity contribution in [2.24, 2.45) is 11.3 Å². The van der Waals surface area contributed by atoms with E-state index in [-0.39, 0.29) is 37.3 Å². The van der Waals surface area contributed by atoms with Gasteiger partial charge in [-0.3, -0.25) is 4.79 Å². The second kappa shape index (κ2) is 9.47. The summed E-state index contributed by atoms with van der Waals surface area (Å²) in [5.74, 6) is 0.503. The van der Waals surface area contributed by atoms with E-state index >= 15 is 0 Å². The van der Waals surface area contributed by atoms with Gasteiger partial charge >= 0.3 is 6.18 Å². The average Bonchev–Trinajstić information content (AvgIpc) is 3.61. The van der Waals surface area contributed by atoms with Crippen molar-refractivity contribution in [1.82, 2.24) is 10.3 Å². The summed E-state index contributed by atoms with van der Waals surface area (Å²) in [6.45, 7) is 3.24. The minimum absolute atomic E-state index is 0.0140. The van der Waals surface area contributed by atoms with Gasteiger partial charge in [-0.15, -0.1) is 0 Å². The molecule has 10 heteroatoms. The molecule has 2 saturated carbocycles. The molecule has 1 aromatic heterocycles. The Labute approximate surface area is 214 Å². The van der Waals surface area contributed by atoms with Gasteiger partial charge in [-0.2, -0.15) is 13.2 Å². The fourth-order valence-corrected chi connectivity index (χ4v) is 5.79. The predicted octanol–water partition coefficient (Wildman–Crippen LogP) is 4.61. The van der Waals surface area contributed by atoms with Crippen molar-refractivity contribution in [3.8, 4) is 0 Å². The Morgan fingerprint density at radius 1 is 1.19 bits per heavy atom. The molecule has 0 unspecified atom stereocenters. The summed E-state index contributed by atoms with van der Waals surface area (Å²) in [6, 6.07) is 9.86. The maximum atomic E-state index is 14.0. The smallest absolute Gasteiger partial charge is 0.378 e. The van der Waals surface area contributed by atoms with Crippen LogP contribution in [0.15, 0.2) is 36.5 Å². The maximum absolute atomic E-state index is 14.0. The molecule has 3 fully saturated rings. The second-order valence-electron chi connectivity index (χ2n) is 10.7. The van der Waals surface area contributed by atoms with Crippen molar-refractivity contribution in [3.05, 3.63) is 42.1 Å². The van der Waals surface area contributed by atoms with Gasteiger partial charge in [0.25, 0.3) is 0 Å². The highest BCUT2D eigenvalue weighted by Crippen LogP contribution is 2.57. The summed E-state index contributed by atoms with van der Waals surface area (Å²) in [4.78, 5) is 22.6. The normalized spacial score (nSPS) is 24.6. The Hall–Kier alpha value is -2.85. The molecule has 3 heterocycles. The number of alkyl halides is 3. The van der Waals surface area contributed by atoms with E-state index in [9.17, 15) is 18.0 Å². The Morgan fingerprint density at radius 2 is 2.00 bits per heavy atom. The molecule has 1 amide bonds. The van der Waals surface area contributed by atoms with Gasteiger partial charge in [0.2, 0.25) is 5.91 Å². The number of fused-ring (bicyclic) bond motifs is 2. The number of amides is 1. The molecule has 198 valence electrons. The molecular formula is C27H32F3N5O2. The number of hydrogen-bond acceptors (Lipinski definition) is 6. The maximum Gasteiger partial charge on any atom is 0.395 e. The lowest BCUT2D eigenvalue weighted by Gasteiger charge is -2.31. The Morgan fingerprint density at radius 3 is 2.76 bits per heavy atom. The van der Waals surface area contributed by atoms with Crippen LogP contribution < -0.4 is 20.4 Å². The molecule has 0 bridgehead atoms. The Balaban J connectivity index is 1.22. The highest BCUT2D eigenvalue weighted by molar-refractivity contribution is 6.00. The monoisotopic (exact) mass is 515 g/mol. The third-order valence-corrected chi connectivity index (χ3v) is 8.35. The molecule has 2 aliphatic heterocycles. The van der Waals surface area contributed by atoms with Gasteiger partial charge in [0.05, 0.1) is 36.5 Å². The van der Waals surface area contributed by atoms with Crippen LogP contribution in [0, 0.1) is 11.3 Å². The van der Waals surface area contributed by atoms with Crippen molar-refractivity contribution in [1.29, 1.82) is 0 Å². The van der Waals surface area contributed by atoms with Gasteiger partial charge in [-0.05, 0) is 56.4 Å². The molecule has 0 spiro atoms. The predicted molar refractivity (Wildman–Crippen MR) is 135 cm³/mol. The lowest BCUT2D eigenvalue weighted by atomic mass is 10.0. The number of nitrogens with zero attached hydrogens (tertiary/aromatic N) is 3. The fraction of sp³-hybridized carbons (Fsp3) is 0.556. The molecule has 2 aliphatic carbocycles. The number of morpholine rings is 1. The number of anilines is 4. The van der Waals surface area contributed by atoms with E-state index in [1.165, 1.54) is 0 Å². The molecule has 1 aromatic carbocycles. The quantitative estimate of drug-likeness (QED) is 0.606. The molecule has 6 rings (SSSR count). The van der Waals surface area contributed by atoms with E-state index < -0.39 is 11.6 Å². The molecule has 4 aliphatic rings. The van der Waals surface area contributed by atoms with Crippen LogP contribution in [0.3, 0.4) is 0 Å². The van der Waals surface area contributed by atoms with Crippen LogP contribution in [0.4, 0.5) is 36.1 Å². The first-order valence-electron chi connectivity index (χ1n) is 13.1. The number of benzene rings is 1. The van der Waals surface area contributed by atoms with E-state index in [0.29, 0.717) is 39.0 Å². The standard InChI is InChI=1S/C27H32F3N5O2/c28-27(29,30)26(7-8-26)17-32-20-4-3-18(14-20)25(36)35-16-19-2-1-9-31-24(19)33-22-6-5-21(15-23(22)35)34-10-12-37-13-11-34/h1-2,5-6,9,15,18,20,32H,3-4,7-8,10-14,16-17H2,(H,31,33)/t18-,20+/m0/s1. The van der Waals surface area contributed by atoms with E-state index in [1.54, 1.807) is 6.20 Å². The van der Waals surface area contributed by atoms with Gasteiger partial charge in [0, 0.05) is 49.0 Å². The van der Waals surface area contributed by atoms with E-state index in [4.69, 9.17) is 4.74 Å². The highest BCUT2D eigenvalue weighted by atomic mass is 19.4. The molecule has 37 heavy (non-hydrogen) atoms. The molecular weight excluding hydrogens is 483 g/mol. The fourth-order valence-electron chi connectivity index (χ4n) is 5.79. The number of pyridine rings is 1. The first kappa shape index (κ1) is 24.5. The van der Waals surface area contributed by atoms with Crippen LogP contribution in [0.25, 0.3) is 0 Å². The molecule has 1 saturated heterocycles. The molecule has 0 radical (unpaired) electrons. The van der Waals surface area contributed by atoms with E-state index in [1.807, 2.05) is 23.1 Å². The van der Waals surface area contributed by atoms with Gasteiger partial charge < -0.3 is 25.2 Å². The molecule has 2 aromatic rings. The number of rotatable bonds is 5. The van der Waals surface area contributed by atoms with E-state index in [2.05, 4.69) is 32.7 Å². The number of carbonyl (C=O) groups is 1. The van der Waals surface area contributed by atoms with Crippen molar-refractivity contribution in [2.45, 2.75) is 50.9 Å². The lowest BCUT2D eigenvalue weighted by molar-refractivity contribution is -0.185. The summed E-state index contributed by atoms with van der Waals surface area (Å²) in [5, 5.41) is 6.55. The summed E-state index contributed by atoms with van der Waals surface area (Å²) < 4.78 is 45.6. The van der Waals surface area contributed by atoms with Crippen LogP contribution in [-0.4, -0.2) is 56.0 Å². The van der Waals surface area contributed by atoms with Crippen LogP contribution >= 0.6 is 0 Å². The molecule has 2 atom stereocenters. The minimum Gasteiger partial charge on any atom is -0.378 e. The number of hydrogen-bond donors (Lipinski definition) is 2. The summed E-state index contributed by atoms with van der Waals surface area (Å²) in [6.07, 6.45) is -0.144. The lowest BCUT2D eigenvalue weighted by Crippen LogP contribution is -2.40. The third-order valence-electron chi connectivity index (χ3n) is 8.35. The zero-order valence-electron chi connectivity index (χ0n) is 20.7. The van der Waals surface area contributed by atoms with Crippen LogP contribution in [0.1, 0.15) is 37.7 Å². The zero-order valence-corrected chi connectivity index (χ0v) is 20.7. The highest BCUT2D eigenvalue weighted by Gasteiger charge is 2.62. The first-order chi connectivity index (χ1) is 17.8. The second-order valence-corrected chi connectivity index (χ2v) is 10.7. The van der Waals surface area contributed by atoms with Gasteiger partial charge in [0.1, 0.15) is 5.82 Å². The largest absolute Gasteiger partial charge is 0.395 e. The van der Waals surface area contributed by atoms with Crippen molar-refractivity contribution in [2.75, 3.05) is 48.0 Å². The minimum atomic E-state index is -4.17. The summed E-state index contributed by atoms with van der Waals surface area (Å²) in [5.41, 5.74) is 2.01. The number of nitrogens with one attached hydrogen (secondary N) is 2. The Kier molecular flexibility index (Phi) is 6.27. The van der Waals surface area contributed by atoms with E-state index in [0.717, 1.165) is 41.5 Å². The number of ether oxygens (including phenoxy) is 1. The van der Waals surface area contributed by atoms with Gasteiger partial charge in [-0.1, -0.05) is 6.07 Å². The Bertz CT molecular complexity index is 1160. The van der Waals surface area contributed by atoms with Crippen LogP contribution in [0.5, 0.6) is 0 Å². The summed E-state index contributed by atoms with van der Waals surface area (Å²) >= 11 is 0. The SMILES string of the molecule is O=C([C@H]1CC[C@@H](NCC2(C(F)(F)F)CC2)C1)N1Cc2cccnc2Nc2ccc(N3CCOCC3)cc21. The first-order valence-corrected chi connectivity index (χ1v) is 13.1. The average molecular weight is 516 g/mol. The number of aromatic nitrogens is 1. The van der Waals surface area contributed by atoms with Crippen molar-refractivity contribution < 1.29 is 22.7 Å². The topological polar surface area (TPSA) is 69.7 Å². The zero-order chi connectivity index (χ0) is 25.6. The molecule has 2 N–H and O–H groups in total. The van der Waals surface area contributed by atoms with Crippen molar-refractivity contribution >= 4 is 28.8 Å². The van der Waals surface area contributed by atoms with Gasteiger partial charge in [-0.25, -0.2) is 4.98 Å². The third kappa shape index (κ3) is 4.77. The van der Waals surface area contributed by atoms with Crippen molar-refractivity contribution in [3.63, 3.8) is 0 Å². The van der Waals surface area contributed by atoms with Crippen LogP contribution in [0.2, 0.25) is 0 Å². The number of carbonyl (C=O) groups excluding carboxylic acids is 1. The summed E-state index contributed by atoms with van der Waals surface area (Å²) in [7, 11) is 0. The number of halogens is 3. The van der Waals surface area contributed by atoms with Gasteiger partial charge in [0.15, 0.2) is 0 Å². The van der Waals surface area contributed by atoms with Crippen LogP contribution in [-0.2, 0) is 16.1 Å². The molecule has 7 nitrogen and oxygen atoms in total.